The lowest BCUT2D eigenvalue weighted by atomic mass is 10.2. The van der Waals surface area contributed by atoms with Crippen molar-refractivity contribution in [1.82, 2.24) is 20.2 Å². The number of rotatable bonds is 4. The third-order valence-corrected chi connectivity index (χ3v) is 5.38. The van der Waals surface area contributed by atoms with Crippen molar-refractivity contribution in [3.05, 3.63) is 22.7 Å². The van der Waals surface area contributed by atoms with Gasteiger partial charge >= 0.3 is 0 Å². The largest absolute Gasteiger partial charge is 0.370 e. The Bertz CT molecular complexity index is 833. The van der Waals surface area contributed by atoms with Crippen LogP contribution in [0.15, 0.2) is 27.8 Å². The van der Waals surface area contributed by atoms with E-state index in [2.05, 4.69) is 36.1 Å². The van der Waals surface area contributed by atoms with E-state index in [9.17, 15) is 0 Å². The molecule has 1 fully saturated rings. The standard InChI is InChI=1S/C15H16BrN5OS/c16-10-1-2-12-11(9-10)13-14(17-12)18-15(20-19-13)23-8-5-21-3-6-22-7-4-21/h1-2,9H,3-8H2,(H,17,18,20)/p+1. The Hall–Kier alpha value is -1.22. The quantitative estimate of drug-likeness (QED) is 0.652. The van der Waals surface area contributed by atoms with E-state index in [1.807, 2.05) is 18.2 Å². The van der Waals surface area contributed by atoms with Crippen LogP contribution in [0.1, 0.15) is 0 Å². The van der Waals surface area contributed by atoms with Gasteiger partial charge in [0.25, 0.3) is 0 Å². The highest BCUT2D eigenvalue weighted by Crippen LogP contribution is 2.26. The molecule has 0 bridgehead atoms. The van der Waals surface area contributed by atoms with Gasteiger partial charge in [0.05, 0.1) is 25.5 Å². The number of aromatic amines is 1. The molecule has 3 aromatic rings. The second-order valence-electron chi connectivity index (χ2n) is 5.57. The first-order valence-corrected chi connectivity index (χ1v) is 9.43. The molecule has 4 rings (SSSR count). The number of aromatic nitrogens is 4. The molecule has 1 aromatic carbocycles. The highest BCUT2D eigenvalue weighted by atomic mass is 79.9. The predicted octanol–water partition coefficient (Wildman–Crippen LogP) is 1.28. The summed E-state index contributed by atoms with van der Waals surface area (Å²) in [5.74, 6) is 0.994. The molecule has 120 valence electrons. The SMILES string of the molecule is Brc1ccc2[nH]c3nc(SCC[NH+]4CCOCC4)nnc3c2c1. The first-order valence-electron chi connectivity index (χ1n) is 7.65. The van der Waals surface area contributed by atoms with E-state index in [-0.39, 0.29) is 0 Å². The minimum Gasteiger partial charge on any atom is -0.370 e. The number of halogens is 1. The number of thioether (sulfide) groups is 1. The average molecular weight is 395 g/mol. The summed E-state index contributed by atoms with van der Waals surface area (Å²) in [5, 5.41) is 10.4. The van der Waals surface area contributed by atoms with Gasteiger partial charge in [0.15, 0.2) is 5.65 Å². The van der Waals surface area contributed by atoms with Gasteiger partial charge in [-0.15, -0.1) is 10.2 Å². The average Bonchev–Trinajstić information content (AvgIpc) is 2.93. The molecule has 1 aliphatic rings. The molecule has 2 aromatic heterocycles. The van der Waals surface area contributed by atoms with Crippen molar-refractivity contribution in [2.45, 2.75) is 5.16 Å². The summed E-state index contributed by atoms with van der Waals surface area (Å²) in [6.45, 7) is 5.03. The minimum atomic E-state index is 0.732. The van der Waals surface area contributed by atoms with E-state index in [1.165, 1.54) is 0 Å². The van der Waals surface area contributed by atoms with Crippen LogP contribution in [0.25, 0.3) is 22.1 Å². The Morgan fingerprint density at radius 2 is 2.13 bits per heavy atom. The Labute approximate surface area is 146 Å². The Balaban J connectivity index is 1.49. The summed E-state index contributed by atoms with van der Waals surface area (Å²) in [7, 11) is 0. The van der Waals surface area contributed by atoms with Crippen LogP contribution in [0.3, 0.4) is 0 Å². The zero-order valence-electron chi connectivity index (χ0n) is 12.5. The fraction of sp³-hybridized carbons (Fsp3) is 0.400. The van der Waals surface area contributed by atoms with Gasteiger partial charge in [-0.3, -0.25) is 0 Å². The summed E-state index contributed by atoms with van der Waals surface area (Å²) in [6, 6.07) is 6.07. The van der Waals surface area contributed by atoms with Gasteiger partial charge in [-0.1, -0.05) is 27.7 Å². The number of morpholine rings is 1. The number of H-pyrrole nitrogens is 1. The second-order valence-corrected chi connectivity index (χ2v) is 7.55. The second kappa shape index (κ2) is 6.72. The predicted molar refractivity (Wildman–Crippen MR) is 94.0 cm³/mol. The molecule has 23 heavy (non-hydrogen) atoms. The normalized spacial score (nSPS) is 16.4. The van der Waals surface area contributed by atoms with E-state index in [1.54, 1.807) is 16.7 Å². The molecule has 0 atom stereocenters. The Morgan fingerprint density at radius 3 is 3.00 bits per heavy atom. The summed E-state index contributed by atoms with van der Waals surface area (Å²) in [6.07, 6.45) is 0. The summed E-state index contributed by atoms with van der Waals surface area (Å²) in [5.41, 5.74) is 2.66. The van der Waals surface area contributed by atoms with E-state index in [0.717, 1.165) is 70.3 Å². The molecule has 1 aliphatic heterocycles. The van der Waals surface area contributed by atoms with Crippen LogP contribution >= 0.6 is 27.7 Å². The van der Waals surface area contributed by atoms with Gasteiger partial charge < -0.3 is 14.6 Å². The molecule has 2 N–H and O–H groups in total. The number of nitrogens with one attached hydrogen (secondary N) is 2. The van der Waals surface area contributed by atoms with Gasteiger partial charge in [0, 0.05) is 15.4 Å². The molecule has 0 saturated carbocycles. The van der Waals surface area contributed by atoms with Crippen LogP contribution in [0.5, 0.6) is 0 Å². The van der Waals surface area contributed by atoms with Gasteiger partial charge in [-0.05, 0) is 18.2 Å². The summed E-state index contributed by atoms with van der Waals surface area (Å²) in [4.78, 5) is 9.52. The lowest BCUT2D eigenvalue weighted by Crippen LogP contribution is -3.14. The number of nitrogens with zero attached hydrogens (tertiary/aromatic N) is 3. The zero-order valence-corrected chi connectivity index (χ0v) is 14.9. The fourth-order valence-corrected chi connectivity index (χ4v) is 3.98. The number of hydrogen-bond donors (Lipinski definition) is 2. The zero-order chi connectivity index (χ0) is 15.6. The Morgan fingerprint density at radius 1 is 1.26 bits per heavy atom. The highest BCUT2D eigenvalue weighted by Gasteiger charge is 2.14. The number of ether oxygens (including phenoxy) is 1. The molecule has 0 spiro atoms. The molecule has 0 aliphatic carbocycles. The number of hydrogen-bond acceptors (Lipinski definition) is 5. The van der Waals surface area contributed by atoms with Crippen molar-refractivity contribution < 1.29 is 9.64 Å². The lowest BCUT2D eigenvalue weighted by molar-refractivity contribution is -0.905. The van der Waals surface area contributed by atoms with Crippen molar-refractivity contribution in [1.29, 1.82) is 0 Å². The van der Waals surface area contributed by atoms with Crippen LogP contribution in [-0.2, 0) is 4.74 Å². The van der Waals surface area contributed by atoms with Gasteiger partial charge in [0.1, 0.15) is 18.6 Å². The molecule has 0 unspecified atom stereocenters. The maximum absolute atomic E-state index is 5.38. The molecule has 8 heteroatoms. The number of fused-ring (bicyclic) bond motifs is 3. The lowest BCUT2D eigenvalue weighted by Gasteiger charge is -2.23. The van der Waals surface area contributed by atoms with Gasteiger partial charge in [-0.25, -0.2) is 4.98 Å². The van der Waals surface area contributed by atoms with Gasteiger partial charge in [0.2, 0.25) is 5.16 Å². The number of quaternary nitrogens is 1. The van der Waals surface area contributed by atoms with Crippen LogP contribution in [0, 0.1) is 0 Å². The van der Waals surface area contributed by atoms with Crippen molar-refractivity contribution in [2.24, 2.45) is 0 Å². The molecule has 3 heterocycles. The maximum atomic E-state index is 5.38. The van der Waals surface area contributed by atoms with Crippen LogP contribution in [-0.4, -0.2) is 58.8 Å². The molecule has 0 amide bonds. The molecule has 1 saturated heterocycles. The molecule has 6 nitrogen and oxygen atoms in total. The maximum Gasteiger partial charge on any atom is 0.211 e. The van der Waals surface area contributed by atoms with Crippen molar-refractivity contribution in [3.8, 4) is 0 Å². The van der Waals surface area contributed by atoms with Crippen LogP contribution in [0.2, 0.25) is 0 Å². The van der Waals surface area contributed by atoms with Crippen LogP contribution in [0.4, 0.5) is 0 Å². The summed E-state index contributed by atoms with van der Waals surface area (Å²) >= 11 is 5.16. The fourth-order valence-electron chi connectivity index (χ4n) is 2.79. The molecular weight excluding hydrogens is 378 g/mol. The van der Waals surface area contributed by atoms with Crippen LogP contribution < -0.4 is 4.90 Å². The number of benzene rings is 1. The van der Waals surface area contributed by atoms with Crippen molar-refractivity contribution in [2.75, 3.05) is 38.6 Å². The van der Waals surface area contributed by atoms with E-state index >= 15 is 0 Å². The van der Waals surface area contributed by atoms with E-state index in [0.29, 0.717) is 0 Å². The third-order valence-electron chi connectivity index (χ3n) is 4.04. The topological polar surface area (TPSA) is 68.1 Å². The van der Waals surface area contributed by atoms with E-state index < -0.39 is 0 Å². The van der Waals surface area contributed by atoms with E-state index in [4.69, 9.17) is 4.74 Å². The first-order chi connectivity index (χ1) is 11.3. The highest BCUT2D eigenvalue weighted by molar-refractivity contribution is 9.10. The summed E-state index contributed by atoms with van der Waals surface area (Å²) < 4.78 is 6.41. The monoisotopic (exact) mass is 394 g/mol. The molecular formula is C15H17BrN5OS+. The Kier molecular flexibility index (Phi) is 4.48. The third kappa shape index (κ3) is 3.35. The van der Waals surface area contributed by atoms with Crippen molar-refractivity contribution >= 4 is 49.8 Å². The van der Waals surface area contributed by atoms with Gasteiger partial charge in [-0.2, -0.15) is 0 Å². The minimum absolute atomic E-state index is 0.732. The first kappa shape index (κ1) is 15.3. The smallest absolute Gasteiger partial charge is 0.211 e. The molecule has 0 radical (unpaired) electrons. The van der Waals surface area contributed by atoms with Crippen molar-refractivity contribution in [3.63, 3.8) is 0 Å².